The van der Waals surface area contributed by atoms with Gasteiger partial charge in [0.2, 0.25) is 0 Å². The summed E-state index contributed by atoms with van der Waals surface area (Å²) in [5, 5.41) is 1.31. The smallest absolute Gasteiger partial charge is 0.0493 e. The second-order valence-corrected chi connectivity index (χ2v) is 4.92. The Morgan fingerprint density at radius 1 is 1.50 bits per heavy atom. The molecule has 2 aromatic rings. The molecule has 16 heavy (non-hydrogen) atoms. The first kappa shape index (κ1) is 9.85. The number of rotatable bonds is 0. The Morgan fingerprint density at radius 2 is 2.31 bits per heavy atom. The zero-order valence-electron chi connectivity index (χ0n) is 10.0. The van der Waals surface area contributed by atoms with E-state index in [1.54, 1.807) is 0 Å². The summed E-state index contributed by atoms with van der Waals surface area (Å²) in [6.45, 7) is 5.33. The molecule has 0 fully saturated rings. The van der Waals surface area contributed by atoms with Gasteiger partial charge in [0.05, 0.1) is 0 Å². The number of hydrogen-bond acceptors (Lipinski definition) is 2. The van der Waals surface area contributed by atoms with Crippen molar-refractivity contribution in [2.75, 3.05) is 7.05 Å². The van der Waals surface area contributed by atoms with Crippen LogP contribution >= 0.6 is 0 Å². The first-order chi connectivity index (χ1) is 7.65. The van der Waals surface area contributed by atoms with Gasteiger partial charge in [-0.3, -0.25) is 9.88 Å². The van der Waals surface area contributed by atoms with Crippen LogP contribution in [0.15, 0.2) is 12.3 Å². The summed E-state index contributed by atoms with van der Waals surface area (Å²) in [4.78, 5) is 10.3. The van der Waals surface area contributed by atoms with Crippen LogP contribution in [0.25, 0.3) is 10.9 Å². The Morgan fingerprint density at radius 3 is 3.12 bits per heavy atom. The van der Waals surface area contributed by atoms with Crippen LogP contribution in [0, 0.1) is 6.92 Å². The van der Waals surface area contributed by atoms with Gasteiger partial charge in [0.15, 0.2) is 0 Å². The number of aromatic nitrogens is 2. The summed E-state index contributed by atoms with van der Waals surface area (Å²) in [6, 6.07) is 2.76. The maximum absolute atomic E-state index is 4.40. The lowest BCUT2D eigenvalue weighted by atomic mass is 9.99. The van der Waals surface area contributed by atoms with Gasteiger partial charge in [-0.2, -0.15) is 0 Å². The monoisotopic (exact) mass is 215 g/mol. The molecule has 3 rings (SSSR count). The standard InChI is InChI=1S/C13H17N3/c1-8-4-12-11(6-14-8)10-5-9(2)16(3)7-13(10)15-12/h4,6,9,15H,5,7H2,1-3H3/t9-/m0/s1. The van der Waals surface area contributed by atoms with Crippen molar-refractivity contribution in [1.82, 2.24) is 14.9 Å². The van der Waals surface area contributed by atoms with E-state index in [1.165, 1.54) is 22.2 Å². The van der Waals surface area contributed by atoms with E-state index in [1.807, 2.05) is 13.1 Å². The Labute approximate surface area is 95.5 Å². The maximum atomic E-state index is 4.40. The van der Waals surface area contributed by atoms with Crippen molar-refractivity contribution in [3.8, 4) is 0 Å². The van der Waals surface area contributed by atoms with Gasteiger partial charge in [-0.05, 0) is 38.9 Å². The molecule has 84 valence electrons. The van der Waals surface area contributed by atoms with Gasteiger partial charge in [0, 0.05) is 41.1 Å². The van der Waals surface area contributed by atoms with Crippen molar-refractivity contribution in [1.29, 1.82) is 0 Å². The van der Waals surface area contributed by atoms with Gasteiger partial charge in [-0.25, -0.2) is 0 Å². The number of fused-ring (bicyclic) bond motifs is 3. The number of nitrogens with zero attached hydrogens (tertiary/aromatic N) is 2. The summed E-state index contributed by atoms with van der Waals surface area (Å²) in [5.41, 5.74) is 5.14. The average molecular weight is 215 g/mol. The summed E-state index contributed by atoms with van der Waals surface area (Å²) in [7, 11) is 2.18. The van der Waals surface area contributed by atoms with Gasteiger partial charge >= 0.3 is 0 Å². The number of H-pyrrole nitrogens is 1. The molecule has 0 unspecified atom stereocenters. The number of likely N-dealkylation sites (N-methyl/N-ethyl adjacent to an activating group) is 1. The fourth-order valence-corrected chi connectivity index (χ4v) is 2.53. The molecular formula is C13H17N3. The third-order valence-corrected chi connectivity index (χ3v) is 3.68. The summed E-state index contributed by atoms with van der Waals surface area (Å²) in [6.07, 6.45) is 3.13. The lowest BCUT2D eigenvalue weighted by Crippen LogP contribution is -2.34. The SMILES string of the molecule is Cc1cc2[nH]c3c(c2cn1)C[C@H](C)N(C)C3. The largest absolute Gasteiger partial charge is 0.357 e. The number of pyridine rings is 1. The molecule has 3 heterocycles. The highest BCUT2D eigenvalue weighted by Crippen LogP contribution is 2.29. The van der Waals surface area contributed by atoms with E-state index in [-0.39, 0.29) is 0 Å². The normalized spacial score (nSPS) is 21.3. The van der Waals surface area contributed by atoms with Crippen molar-refractivity contribution in [3.05, 3.63) is 29.2 Å². The molecule has 1 aliphatic rings. The number of hydrogen-bond donors (Lipinski definition) is 1. The molecule has 2 aromatic heterocycles. The van der Waals surface area contributed by atoms with Gasteiger partial charge in [0.25, 0.3) is 0 Å². The van der Waals surface area contributed by atoms with E-state index in [0.29, 0.717) is 6.04 Å². The zero-order chi connectivity index (χ0) is 11.3. The summed E-state index contributed by atoms with van der Waals surface area (Å²) in [5.74, 6) is 0. The number of aromatic amines is 1. The van der Waals surface area contributed by atoms with Crippen molar-refractivity contribution in [3.63, 3.8) is 0 Å². The van der Waals surface area contributed by atoms with Gasteiger partial charge in [-0.15, -0.1) is 0 Å². The minimum atomic E-state index is 0.618. The van der Waals surface area contributed by atoms with E-state index in [0.717, 1.165) is 18.7 Å². The van der Waals surface area contributed by atoms with Crippen molar-refractivity contribution in [2.45, 2.75) is 32.9 Å². The third kappa shape index (κ3) is 1.35. The Hall–Kier alpha value is -1.35. The second-order valence-electron chi connectivity index (χ2n) is 4.92. The predicted octanol–water partition coefficient (Wildman–Crippen LogP) is 2.25. The molecule has 0 bridgehead atoms. The first-order valence-electron chi connectivity index (χ1n) is 5.81. The van der Waals surface area contributed by atoms with E-state index in [9.17, 15) is 0 Å². The van der Waals surface area contributed by atoms with Crippen molar-refractivity contribution < 1.29 is 0 Å². The number of aryl methyl sites for hydroxylation is 1. The van der Waals surface area contributed by atoms with Crippen LogP contribution in [0.4, 0.5) is 0 Å². The lowest BCUT2D eigenvalue weighted by Gasteiger charge is -2.29. The van der Waals surface area contributed by atoms with Crippen LogP contribution in [-0.2, 0) is 13.0 Å². The highest BCUT2D eigenvalue weighted by Gasteiger charge is 2.23. The molecule has 0 aromatic carbocycles. The fraction of sp³-hybridized carbons (Fsp3) is 0.462. The minimum absolute atomic E-state index is 0.618. The molecule has 0 spiro atoms. The zero-order valence-corrected chi connectivity index (χ0v) is 10.0. The van der Waals surface area contributed by atoms with Crippen LogP contribution in [0.1, 0.15) is 23.9 Å². The van der Waals surface area contributed by atoms with Crippen LogP contribution in [0.5, 0.6) is 0 Å². The lowest BCUT2D eigenvalue weighted by molar-refractivity contribution is 0.229. The summed E-state index contributed by atoms with van der Waals surface area (Å²) >= 11 is 0. The molecule has 0 saturated carbocycles. The summed E-state index contributed by atoms with van der Waals surface area (Å²) < 4.78 is 0. The van der Waals surface area contributed by atoms with E-state index in [2.05, 4.69) is 34.9 Å². The molecule has 1 aliphatic heterocycles. The quantitative estimate of drug-likeness (QED) is 0.731. The van der Waals surface area contributed by atoms with Crippen LogP contribution in [0.2, 0.25) is 0 Å². The molecule has 1 N–H and O–H groups in total. The molecular weight excluding hydrogens is 198 g/mol. The van der Waals surface area contributed by atoms with E-state index < -0.39 is 0 Å². The topological polar surface area (TPSA) is 31.9 Å². The molecule has 1 atom stereocenters. The highest BCUT2D eigenvalue weighted by atomic mass is 15.1. The Kier molecular flexibility index (Phi) is 2.04. The minimum Gasteiger partial charge on any atom is -0.357 e. The van der Waals surface area contributed by atoms with Crippen LogP contribution in [0.3, 0.4) is 0 Å². The molecule has 0 amide bonds. The predicted molar refractivity (Wildman–Crippen MR) is 65.5 cm³/mol. The van der Waals surface area contributed by atoms with E-state index >= 15 is 0 Å². The Bertz CT molecular complexity index is 541. The highest BCUT2D eigenvalue weighted by molar-refractivity contribution is 5.84. The number of nitrogens with one attached hydrogen (secondary N) is 1. The third-order valence-electron chi connectivity index (χ3n) is 3.68. The molecule has 3 heteroatoms. The van der Waals surface area contributed by atoms with Crippen molar-refractivity contribution in [2.24, 2.45) is 0 Å². The van der Waals surface area contributed by atoms with Crippen LogP contribution < -0.4 is 0 Å². The molecule has 3 nitrogen and oxygen atoms in total. The van der Waals surface area contributed by atoms with Gasteiger partial charge < -0.3 is 4.98 Å². The fourth-order valence-electron chi connectivity index (χ4n) is 2.53. The second kappa shape index (κ2) is 3.32. The first-order valence-corrected chi connectivity index (χ1v) is 5.81. The average Bonchev–Trinajstić information content (AvgIpc) is 2.55. The van der Waals surface area contributed by atoms with Gasteiger partial charge in [0.1, 0.15) is 0 Å². The van der Waals surface area contributed by atoms with Crippen LogP contribution in [-0.4, -0.2) is 28.0 Å². The van der Waals surface area contributed by atoms with Crippen molar-refractivity contribution >= 4 is 10.9 Å². The van der Waals surface area contributed by atoms with Gasteiger partial charge in [-0.1, -0.05) is 0 Å². The van der Waals surface area contributed by atoms with E-state index in [4.69, 9.17) is 0 Å². The molecule has 0 saturated heterocycles. The maximum Gasteiger partial charge on any atom is 0.0493 e. The molecule has 0 radical (unpaired) electrons. The molecule has 0 aliphatic carbocycles. The Balaban J connectivity index is 2.20.